The van der Waals surface area contributed by atoms with Crippen molar-refractivity contribution in [3.8, 4) is 10.6 Å². The Kier molecular flexibility index (Phi) is 4.44. The first-order valence-electron chi connectivity index (χ1n) is 8.00. The van der Waals surface area contributed by atoms with Crippen molar-refractivity contribution in [1.29, 1.82) is 0 Å². The van der Waals surface area contributed by atoms with Crippen molar-refractivity contribution in [2.24, 2.45) is 7.05 Å². The predicted octanol–water partition coefficient (Wildman–Crippen LogP) is 4.28. The highest BCUT2D eigenvalue weighted by molar-refractivity contribution is 7.13. The summed E-state index contributed by atoms with van der Waals surface area (Å²) in [5, 5.41) is 7.13. The number of carbonyl (C=O) groups excluding carboxylic acids is 1. The fourth-order valence-electron chi connectivity index (χ4n) is 2.80. The molecule has 5 nitrogen and oxygen atoms in total. The van der Waals surface area contributed by atoms with E-state index in [1.165, 1.54) is 11.3 Å². The largest absolute Gasteiger partial charge is 0.347 e. The molecule has 0 bridgehead atoms. The van der Waals surface area contributed by atoms with E-state index in [0.29, 0.717) is 17.3 Å². The number of aromatic nitrogens is 3. The van der Waals surface area contributed by atoms with Crippen molar-refractivity contribution in [2.45, 2.75) is 6.54 Å². The minimum Gasteiger partial charge on any atom is -0.347 e. The molecule has 0 spiro atoms. The Morgan fingerprint density at radius 2 is 2.19 bits per heavy atom. The molecule has 1 N–H and O–H groups in total. The molecule has 4 rings (SSSR count). The van der Waals surface area contributed by atoms with Crippen LogP contribution in [-0.2, 0) is 13.6 Å². The van der Waals surface area contributed by atoms with Crippen LogP contribution in [0.5, 0.6) is 0 Å². The molecule has 26 heavy (non-hydrogen) atoms. The summed E-state index contributed by atoms with van der Waals surface area (Å²) < 4.78 is 1.96. The minimum atomic E-state index is -0.203. The van der Waals surface area contributed by atoms with Crippen LogP contribution in [0, 0.1) is 0 Å². The van der Waals surface area contributed by atoms with Gasteiger partial charge in [-0.25, -0.2) is 9.97 Å². The number of rotatable bonds is 4. The van der Waals surface area contributed by atoms with Crippen molar-refractivity contribution < 1.29 is 4.79 Å². The van der Waals surface area contributed by atoms with Gasteiger partial charge in [-0.2, -0.15) is 0 Å². The van der Waals surface area contributed by atoms with E-state index >= 15 is 0 Å². The van der Waals surface area contributed by atoms with E-state index in [1.54, 1.807) is 17.6 Å². The molecule has 3 heterocycles. The third-order valence-corrected chi connectivity index (χ3v) is 5.15. The molecule has 7 heteroatoms. The molecule has 3 aromatic heterocycles. The second-order valence-corrected chi connectivity index (χ2v) is 7.17. The molecule has 0 aliphatic rings. The lowest BCUT2D eigenvalue weighted by Gasteiger charge is -2.03. The second kappa shape index (κ2) is 6.90. The van der Waals surface area contributed by atoms with Gasteiger partial charge in [-0.15, -0.1) is 11.3 Å². The molecule has 0 atom stereocenters. The van der Waals surface area contributed by atoms with Crippen LogP contribution in [0.25, 0.3) is 21.6 Å². The zero-order valence-electron chi connectivity index (χ0n) is 13.9. The molecular formula is C19H15ClN4OS. The molecule has 0 fully saturated rings. The van der Waals surface area contributed by atoms with E-state index in [4.69, 9.17) is 11.6 Å². The van der Waals surface area contributed by atoms with E-state index in [1.807, 2.05) is 48.1 Å². The zero-order valence-corrected chi connectivity index (χ0v) is 15.5. The van der Waals surface area contributed by atoms with Crippen molar-refractivity contribution in [3.05, 3.63) is 70.5 Å². The first-order chi connectivity index (χ1) is 12.6. The number of thiazole rings is 1. The molecule has 1 amide bonds. The molecular weight excluding hydrogens is 368 g/mol. The smallest absolute Gasteiger partial charge is 0.271 e. The van der Waals surface area contributed by atoms with Gasteiger partial charge in [0.15, 0.2) is 0 Å². The molecule has 130 valence electrons. The van der Waals surface area contributed by atoms with Crippen molar-refractivity contribution in [2.75, 3.05) is 0 Å². The number of pyridine rings is 1. The summed E-state index contributed by atoms with van der Waals surface area (Å²) in [6.45, 7) is 0.407. The first-order valence-corrected chi connectivity index (χ1v) is 9.26. The Morgan fingerprint density at radius 3 is 3.04 bits per heavy atom. The van der Waals surface area contributed by atoms with Crippen molar-refractivity contribution >= 4 is 39.9 Å². The number of halogens is 1. The number of hydrogen-bond donors (Lipinski definition) is 1. The van der Waals surface area contributed by atoms with Gasteiger partial charge < -0.3 is 9.88 Å². The number of aryl methyl sites for hydroxylation is 1. The molecule has 0 unspecified atom stereocenters. The standard InChI is InChI=1S/C19H15ClN4OS/c1-24-10-15(14-6-3-7-21-17(14)24)19-23-16(11-26-19)18(25)22-9-12-4-2-5-13(20)8-12/h2-8,10-11H,9H2,1H3,(H,22,25). The molecule has 0 aliphatic heterocycles. The molecule has 1 aromatic carbocycles. The second-order valence-electron chi connectivity index (χ2n) is 5.88. The summed E-state index contributed by atoms with van der Waals surface area (Å²) in [6.07, 6.45) is 3.76. The predicted molar refractivity (Wildman–Crippen MR) is 104 cm³/mol. The van der Waals surface area contributed by atoms with Gasteiger partial charge in [-0.05, 0) is 29.8 Å². The summed E-state index contributed by atoms with van der Waals surface area (Å²) in [7, 11) is 1.95. The van der Waals surface area contributed by atoms with E-state index < -0.39 is 0 Å². The van der Waals surface area contributed by atoms with Gasteiger partial charge in [-0.3, -0.25) is 4.79 Å². The molecule has 0 saturated carbocycles. The number of nitrogens with zero attached hydrogens (tertiary/aromatic N) is 3. The van der Waals surface area contributed by atoms with Crippen LogP contribution >= 0.6 is 22.9 Å². The maximum Gasteiger partial charge on any atom is 0.271 e. The van der Waals surface area contributed by atoms with E-state index in [2.05, 4.69) is 15.3 Å². The number of hydrogen-bond acceptors (Lipinski definition) is 4. The van der Waals surface area contributed by atoms with Crippen LogP contribution in [0.2, 0.25) is 5.02 Å². The Hall–Kier alpha value is -2.70. The maximum absolute atomic E-state index is 12.4. The summed E-state index contributed by atoms with van der Waals surface area (Å²) in [4.78, 5) is 21.3. The number of amides is 1. The molecule has 0 saturated heterocycles. The summed E-state index contributed by atoms with van der Waals surface area (Å²) >= 11 is 7.42. The van der Waals surface area contributed by atoms with Gasteiger partial charge in [0.1, 0.15) is 16.3 Å². The lowest BCUT2D eigenvalue weighted by atomic mass is 10.2. The molecule has 0 aliphatic carbocycles. The number of benzene rings is 1. The van der Waals surface area contributed by atoms with Gasteiger partial charge >= 0.3 is 0 Å². The van der Waals surface area contributed by atoms with Gasteiger partial charge in [0, 0.05) is 47.3 Å². The summed E-state index contributed by atoms with van der Waals surface area (Å²) in [6, 6.07) is 11.3. The van der Waals surface area contributed by atoms with Gasteiger partial charge in [0.25, 0.3) is 5.91 Å². The topological polar surface area (TPSA) is 59.8 Å². The Bertz CT molecular complexity index is 1100. The monoisotopic (exact) mass is 382 g/mol. The van der Waals surface area contributed by atoms with Gasteiger partial charge in [0.2, 0.25) is 0 Å². The van der Waals surface area contributed by atoms with E-state index in [-0.39, 0.29) is 5.91 Å². The van der Waals surface area contributed by atoms with E-state index in [0.717, 1.165) is 27.2 Å². The lowest BCUT2D eigenvalue weighted by Crippen LogP contribution is -2.23. The summed E-state index contributed by atoms with van der Waals surface area (Å²) in [5.41, 5.74) is 3.23. The van der Waals surface area contributed by atoms with Gasteiger partial charge in [-0.1, -0.05) is 23.7 Å². The Balaban J connectivity index is 1.54. The minimum absolute atomic E-state index is 0.203. The quantitative estimate of drug-likeness (QED) is 0.573. The lowest BCUT2D eigenvalue weighted by molar-refractivity contribution is 0.0946. The highest BCUT2D eigenvalue weighted by Gasteiger charge is 2.15. The highest BCUT2D eigenvalue weighted by atomic mass is 35.5. The fourth-order valence-corrected chi connectivity index (χ4v) is 3.84. The van der Waals surface area contributed by atoms with Gasteiger partial charge in [0.05, 0.1) is 0 Å². The SMILES string of the molecule is Cn1cc(-c2nc(C(=O)NCc3cccc(Cl)c3)cs2)c2cccnc21. The summed E-state index contributed by atoms with van der Waals surface area (Å²) in [5.74, 6) is -0.203. The Morgan fingerprint density at radius 1 is 1.31 bits per heavy atom. The maximum atomic E-state index is 12.4. The van der Waals surface area contributed by atoms with Crippen LogP contribution in [0.15, 0.2) is 54.2 Å². The molecule has 0 radical (unpaired) electrons. The van der Waals surface area contributed by atoms with Crippen molar-refractivity contribution in [3.63, 3.8) is 0 Å². The fraction of sp³-hybridized carbons (Fsp3) is 0.105. The zero-order chi connectivity index (χ0) is 18.1. The first kappa shape index (κ1) is 16.8. The highest BCUT2D eigenvalue weighted by Crippen LogP contribution is 2.31. The number of fused-ring (bicyclic) bond motifs is 1. The van der Waals surface area contributed by atoms with Crippen LogP contribution in [0.1, 0.15) is 16.1 Å². The van der Waals surface area contributed by atoms with E-state index in [9.17, 15) is 4.79 Å². The third kappa shape index (κ3) is 3.21. The van der Waals surface area contributed by atoms with Crippen molar-refractivity contribution in [1.82, 2.24) is 19.9 Å². The molecule has 4 aromatic rings. The Labute approximate surface area is 159 Å². The third-order valence-electron chi connectivity index (χ3n) is 4.04. The normalized spacial score (nSPS) is 11.0. The van der Waals surface area contributed by atoms with Crippen LogP contribution in [-0.4, -0.2) is 20.4 Å². The number of carbonyl (C=O) groups is 1. The van der Waals surface area contributed by atoms with Crippen LogP contribution in [0.4, 0.5) is 0 Å². The van der Waals surface area contributed by atoms with Crippen LogP contribution in [0.3, 0.4) is 0 Å². The van der Waals surface area contributed by atoms with Crippen LogP contribution < -0.4 is 5.32 Å². The number of nitrogens with one attached hydrogen (secondary N) is 1. The average molecular weight is 383 g/mol. The average Bonchev–Trinajstić information content (AvgIpc) is 3.25.